The van der Waals surface area contributed by atoms with E-state index in [1.54, 1.807) is 0 Å². The Hall–Kier alpha value is -3.80. The number of nitrogens with zero attached hydrogens (tertiary/aromatic N) is 3. The fourth-order valence-electron chi connectivity index (χ4n) is 5.65. The number of hydrogen-bond donors (Lipinski definition) is 2. The summed E-state index contributed by atoms with van der Waals surface area (Å²) in [4.78, 5) is 0. The largest absolute Gasteiger partial charge is 0.318 e. The molecular formula is C35H39N5. The number of fused-ring (bicyclic) bond motifs is 1. The van der Waals surface area contributed by atoms with Crippen molar-refractivity contribution in [2.24, 2.45) is 5.92 Å². The predicted octanol–water partition coefficient (Wildman–Crippen LogP) is 6.52. The lowest BCUT2D eigenvalue weighted by Crippen LogP contribution is -2.24. The fourth-order valence-corrected chi connectivity index (χ4v) is 5.65. The maximum Gasteiger partial charge on any atom is 0.113 e. The lowest BCUT2D eigenvalue weighted by molar-refractivity contribution is 0.642. The monoisotopic (exact) mass is 529 g/mol. The molecule has 40 heavy (non-hydrogen) atoms. The van der Waals surface area contributed by atoms with Crippen molar-refractivity contribution in [2.45, 2.75) is 45.1 Å². The van der Waals surface area contributed by atoms with Crippen LogP contribution in [0.2, 0.25) is 0 Å². The zero-order chi connectivity index (χ0) is 27.1. The quantitative estimate of drug-likeness (QED) is 0.170. The van der Waals surface area contributed by atoms with Crippen molar-refractivity contribution in [1.82, 2.24) is 25.6 Å². The smallest absolute Gasteiger partial charge is 0.113 e. The zero-order valence-electron chi connectivity index (χ0n) is 23.4. The van der Waals surface area contributed by atoms with E-state index in [4.69, 9.17) is 0 Å². The lowest BCUT2D eigenvalue weighted by atomic mass is 9.93. The van der Waals surface area contributed by atoms with Crippen molar-refractivity contribution in [2.75, 3.05) is 20.1 Å². The van der Waals surface area contributed by atoms with Gasteiger partial charge in [0.25, 0.3) is 0 Å². The van der Waals surface area contributed by atoms with Crippen LogP contribution >= 0.6 is 0 Å². The molecule has 204 valence electrons. The summed E-state index contributed by atoms with van der Waals surface area (Å²) in [5.41, 5.74) is 11.1. The summed E-state index contributed by atoms with van der Waals surface area (Å²) in [6, 6.07) is 32.7. The molecular weight excluding hydrogens is 490 g/mol. The highest BCUT2D eigenvalue weighted by Gasteiger charge is 2.21. The molecule has 0 spiro atoms. The first kappa shape index (κ1) is 26.4. The molecule has 6 rings (SSSR count). The summed E-state index contributed by atoms with van der Waals surface area (Å²) in [6.45, 7) is 2.91. The second kappa shape index (κ2) is 12.6. The van der Waals surface area contributed by atoms with E-state index < -0.39 is 0 Å². The SMILES string of the molecule is CNCCNCc1ccc(CCc2cccc(-c3ccccc3)c2-n2nnc3ccccc32)cc1CCC1CC1. The van der Waals surface area contributed by atoms with Crippen molar-refractivity contribution < 1.29 is 0 Å². The summed E-state index contributed by atoms with van der Waals surface area (Å²) < 4.78 is 2.04. The molecule has 5 aromatic rings. The van der Waals surface area contributed by atoms with Gasteiger partial charge in [-0.2, -0.15) is 0 Å². The Labute approximate surface area is 237 Å². The Balaban J connectivity index is 1.30. The molecule has 2 N–H and O–H groups in total. The maximum absolute atomic E-state index is 4.64. The van der Waals surface area contributed by atoms with E-state index in [9.17, 15) is 0 Å². The van der Waals surface area contributed by atoms with Gasteiger partial charge in [-0.1, -0.05) is 96.9 Å². The van der Waals surface area contributed by atoms with Crippen molar-refractivity contribution in [3.63, 3.8) is 0 Å². The van der Waals surface area contributed by atoms with Gasteiger partial charge in [0, 0.05) is 25.2 Å². The predicted molar refractivity (Wildman–Crippen MR) is 165 cm³/mol. The molecule has 5 nitrogen and oxygen atoms in total. The average Bonchev–Trinajstić information content (AvgIpc) is 3.75. The molecule has 0 unspecified atom stereocenters. The molecule has 1 saturated carbocycles. The molecule has 1 aliphatic rings. The van der Waals surface area contributed by atoms with E-state index in [1.807, 2.05) is 23.9 Å². The lowest BCUT2D eigenvalue weighted by Gasteiger charge is -2.17. The number of aryl methyl sites for hydroxylation is 3. The van der Waals surface area contributed by atoms with Gasteiger partial charge in [0.15, 0.2) is 0 Å². The Morgan fingerprint density at radius 2 is 1.62 bits per heavy atom. The minimum absolute atomic E-state index is 0.913. The molecule has 1 fully saturated rings. The molecule has 5 heteroatoms. The van der Waals surface area contributed by atoms with Gasteiger partial charge in [0.05, 0.1) is 11.2 Å². The first-order valence-corrected chi connectivity index (χ1v) is 14.7. The van der Waals surface area contributed by atoms with E-state index in [2.05, 4.69) is 99.8 Å². The molecule has 1 aliphatic carbocycles. The number of nitrogens with one attached hydrogen (secondary N) is 2. The van der Waals surface area contributed by atoms with Crippen molar-refractivity contribution in [3.05, 3.63) is 113 Å². The average molecular weight is 530 g/mol. The molecule has 4 aromatic carbocycles. The molecule has 0 aliphatic heterocycles. The number of rotatable bonds is 13. The van der Waals surface area contributed by atoms with Gasteiger partial charge in [-0.05, 0) is 78.6 Å². The van der Waals surface area contributed by atoms with Crippen LogP contribution in [-0.2, 0) is 25.8 Å². The molecule has 0 saturated heterocycles. The second-order valence-electron chi connectivity index (χ2n) is 11.0. The third kappa shape index (κ3) is 6.16. The number of likely N-dealkylation sites (N-methyl/N-ethyl adjacent to an activating group) is 1. The van der Waals surface area contributed by atoms with Crippen LogP contribution in [0.4, 0.5) is 0 Å². The Morgan fingerprint density at radius 1 is 0.775 bits per heavy atom. The molecule has 0 radical (unpaired) electrons. The van der Waals surface area contributed by atoms with E-state index in [0.717, 1.165) is 55.1 Å². The fraction of sp³-hybridized carbons (Fsp3) is 0.314. The number of benzene rings is 4. The van der Waals surface area contributed by atoms with E-state index in [0.29, 0.717) is 0 Å². The molecule has 0 amide bonds. The van der Waals surface area contributed by atoms with Crippen LogP contribution in [0.5, 0.6) is 0 Å². The third-order valence-electron chi connectivity index (χ3n) is 8.11. The van der Waals surface area contributed by atoms with Gasteiger partial charge in [-0.25, -0.2) is 4.68 Å². The van der Waals surface area contributed by atoms with Crippen molar-refractivity contribution in [1.29, 1.82) is 0 Å². The molecule has 0 bridgehead atoms. The van der Waals surface area contributed by atoms with Crippen LogP contribution in [0.1, 0.15) is 41.5 Å². The Bertz CT molecular complexity index is 1550. The van der Waals surface area contributed by atoms with Crippen LogP contribution in [0.25, 0.3) is 27.8 Å². The van der Waals surface area contributed by atoms with Crippen molar-refractivity contribution in [3.8, 4) is 16.8 Å². The summed E-state index contributed by atoms with van der Waals surface area (Å²) in [7, 11) is 2.00. The zero-order valence-corrected chi connectivity index (χ0v) is 23.4. The first-order valence-electron chi connectivity index (χ1n) is 14.7. The number of aromatic nitrogens is 3. The standard InChI is InChI=1S/C35H39N5/c1-36-22-23-37-25-31-21-18-27(24-30(31)20-16-26-14-15-26)17-19-29-10-7-11-32(28-8-3-2-4-9-28)35(29)40-34-13-6-5-12-33(34)38-39-40/h2-13,18,21,24,26,36-37H,14-17,19-20,22-23,25H2,1H3. The van der Waals surface area contributed by atoms with Crippen LogP contribution in [0, 0.1) is 5.92 Å². The van der Waals surface area contributed by atoms with Crippen LogP contribution < -0.4 is 10.6 Å². The normalized spacial score (nSPS) is 13.2. The number of hydrogen-bond acceptors (Lipinski definition) is 4. The summed E-state index contributed by atoms with van der Waals surface area (Å²) in [5, 5.41) is 16.0. The van der Waals surface area contributed by atoms with Crippen LogP contribution in [0.3, 0.4) is 0 Å². The summed E-state index contributed by atoms with van der Waals surface area (Å²) >= 11 is 0. The summed E-state index contributed by atoms with van der Waals surface area (Å²) in [5.74, 6) is 0.939. The summed E-state index contributed by atoms with van der Waals surface area (Å²) in [6.07, 6.45) is 7.24. The van der Waals surface area contributed by atoms with Gasteiger partial charge in [-0.3, -0.25) is 0 Å². The Morgan fingerprint density at radius 3 is 2.48 bits per heavy atom. The van der Waals surface area contributed by atoms with Gasteiger partial charge in [0.2, 0.25) is 0 Å². The van der Waals surface area contributed by atoms with Crippen LogP contribution in [0.15, 0.2) is 91.0 Å². The van der Waals surface area contributed by atoms with E-state index in [-0.39, 0.29) is 0 Å². The topological polar surface area (TPSA) is 54.8 Å². The van der Waals surface area contributed by atoms with E-state index >= 15 is 0 Å². The van der Waals surface area contributed by atoms with Gasteiger partial charge in [-0.15, -0.1) is 5.10 Å². The highest BCUT2D eigenvalue weighted by atomic mass is 15.4. The Kier molecular flexibility index (Phi) is 8.31. The van der Waals surface area contributed by atoms with E-state index in [1.165, 1.54) is 59.1 Å². The first-order chi connectivity index (χ1) is 19.8. The molecule has 1 aromatic heterocycles. The molecule has 0 atom stereocenters. The highest BCUT2D eigenvalue weighted by molar-refractivity contribution is 5.81. The number of para-hydroxylation sites is 2. The minimum atomic E-state index is 0.913. The maximum atomic E-state index is 4.64. The van der Waals surface area contributed by atoms with Crippen LogP contribution in [-0.4, -0.2) is 35.1 Å². The van der Waals surface area contributed by atoms with Gasteiger partial charge < -0.3 is 10.6 Å². The van der Waals surface area contributed by atoms with Crippen molar-refractivity contribution >= 4 is 11.0 Å². The third-order valence-corrected chi connectivity index (χ3v) is 8.11. The second-order valence-corrected chi connectivity index (χ2v) is 11.0. The minimum Gasteiger partial charge on any atom is -0.318 e. The van der Waals surface area contributed by atoms with Gasteiger partial charge in [0.1, 0.15) is 5.52 Å². The highest BCUT2D eigenvalue weighted by Crippen LogP contribution is 2.35. The van der Waals surface area contributed by atoms with Gasteiger partial charge >= 0.3 is 0 Å². The molecule has 1 heterocycles.